The lowest BCUT2D eigenvalue weighted by Gasteiger charge is -2.22. The fraction of sp³-hybridized carbons (Fsp3) is 0.143. The Morgan fingerprint density at radius 3 is 2.09 bits per heavy atom. The summed E-state index contributed by atoms with van der Waals surface area (Å²) in [6.07, 6.45) is 0. The van der Waals surface area contributed by atoms with Crippen LogP contribution in [0.25, 0.3) is 0 Å². The van der Waals surface area contributed by atoms with Gasteiger partial charge in [0.15, 0.2) is 0 Å². The SMILES string of the molecule is CCOP(=S)(Oc1ccccc1)Oc1ccc([N+](=O)[O-])cc1. The molecule has 6 nitrogen and oxygen atoms in total. The lowest BCUT2D eigenvalue weighted by atomic mass is 10.3. The van der Waals surface area contributed by atoms with Crippen molar-refractivity contribution in [2.45, 2.75) is 6.92 Å². The maximum Gasteiger partial charge on any atom is 0.434 e. The first-order valence-electron chi connectivity index (χ1n) is 6.46. The summed E-state index contributed by atoms with van der Waals surface area (Å²) in [7, 11) is 0. The van der Waals surface area contributed by atoms with Crippen LogP contribution in [0.3, 0.4) is 0 Å². The minimum absolute atomic E-state index is 0.0268. The molecule has 2 aromatic carbocycles. The van der Waals surface area contributed by atoms with Gasteiger partial charge in [-0.25, -0.2) is 0 Å². The highest BCUT2D eigenvalue weighted by atomic mass is 32.5. The zero-order valence-electron chi connectivity index (χ0n) is 11.7. The molecule has 0 fully saturated rings. The van der Waals surface area contributed by atoms with Crippen molar-refractivity contribution >= 4 is 24.2 Å². The van der Waals surface area contributed by atoms with Gasteiger partial charge < -0.3 is 9.05 Å². The third kappa shape index (κ3) is 4.53. The van der Waals surface area contributed by atoms with Gasteiger partial charge >= 0.3 is 6.72 Å². The van der Waals surface area contributed by atoms with Gasteiger partial charge in [0.2, 0.25) is 0 Å². The van der Waals surface area contributed by atoms with E-state index in [1.54, 1.807) is 19.1 Å². The van der Waals surface area contributed by atoms with E-state index < -0.39 is 11.6 Å². The number of benzene rings is 2. The molecule has 0 heterocycles. The molecule has 0 N–H and O–H groups in total. The largest absolute Gasteiger partial charge is 0.434 e. The first-order chi connectivity index (χ1) is 10.5. The van der Waals surface area contributed by atoms with Crippen LogP contribution in [0, 0.1) is 10.1 Å². The third-order valence-corrected chi connectivity index (χ3v) is 4.72. The molecular formula is C14H14NO5PS. The molecule has 0 aromatic heterocycles. The Morgan fingerprint density at radius 2 is 1.59 bits per heavy atom. The van der Waals surface area contributed by atoms with Crippen LogP contribution in [0.4, 0.5) is 5.69 Å². The highest BCUT2D eigenvalue weighted by Crippen LogP contribution is 2.49. The van der Waals surface area contributed by atoms with Crippen LogP contribution in [-0.4, -0.2) is 11.5 Å². The summed E-state index contributed by atoms with van der Waals surface area (Å²) in [6, 6.07) is 14.6. The first kappa shape index (κ1) is 16.4. The molecule has 0 saturated heterocycles. The molecule has 1 atom stereocenters. The standard InChI is InChI=1S/C14H14NO5PS/c1-2-18-21(22,19-13-6-4-3-5-7-13)20-14-10-8-12(9-11-14)15(16)17/h3-11H,2H2,1H3. The maximum atomic E-state index is 10.6. The normalized spacial score (nSPS) is 13.1. The summed E-state index contributed by atoms with van der Waals surface area (Å²) in [4.78, 5) is 10.2. The van der Waals surface area contributed by atoms with Crippen molar-refractivity contribution < 1.29 is 18.5 Å². The third-order valence-electron chi connectivity index (χ3n) is 2.51. The molecule has 2 aromatic rings. The molecule has 0 aliphatic heterocycles. The molecular weight excluding hydrogens is 325 g/mol. The average molecular weight is 339 g/mol. The first-order valence-corrected chi connectivity index (χ1v) is 9.01. The Labute approximate surface area is 133 Å². The summed E-state index contributed by atoms with van der Waals surface area (Å²) in [6.45, 7) is -0.922. The summed E-state index contributed by atoms with van der Waals surface area (Å²) >= 11 is 5.36. The molecule has 1 unspecified atom stereocenters. The quantitative estimate of drug-likeness (QED) is 0.425. The van der Waals surface area contributed by atoms with Crippen LogP contribution in [0.1, 0.15) is 6.92 Å². The zero-order valence-corrected chi connectivity index (χ0v) is 13.5. The fourth-order valence-corrected chi connectivity index (χ4v) is 3.65. The van der Waals surface area contributed by atoms with E-state index in [-0.39, 0.29) is 5.69 Å². The van der Waals surface area contributed by atoms with Gasteiger partial charge in [0, 0.05) is 23.9 Å². The number of hydrogen-bond acceptors (Lipinski definition) is 6. The Hall–Kier alpha value is -1.95. The Bertz CT molecular complexity index is 677. The average Bonchev–Trinajstić information content (AvgIpc) is 2.48. The van der Waals surface area contributed by atoms with Crippen molar-refractivity contribution in [3.05, 3.63) is 64.7 Å². The molecule has 0 aliphatic carbocycles. The van der Waals surface area contributed by atoms with Gasteiger partial charge in [-0.3, -0.25) is 14.6 Å². The van der Waals surface area contributed by atoms with Gasteiger partial charge in [-0.2, -0.15) is 0 Å². The topological polar surface area (TPSA) is 70.8 Å². The molecule has 0 radical (unpaired) electrons. The van der Waals surface area contributed by atoms with E-state index in [0.29, 0.717) is 18.1 Å². The highest BCUT2D eigenvalue weighted by Gasteiger charge is 2.24. The summed E-state index contributed by atoms with van der Waals surface area (Å²) < 4.78 is 16.8. The van der Waals surface area contributed by atoms with Gasteiger partial charge in [-0.05, 0) is 31.2 Å². The van der Waals surface area contributed by atoms with E-state index in [1.165, 1.54) is 24.3 Å². The predicted molar refractivity (Wildman–Crippen MR) is 86.7 cm³/mol. The zero-order chi connectivity index (χ0) is 16.0. The van der Waals surface area contributed by atoms with Crippen LogP contribution >= 0.6 is 6.72 Å². The van der Waals surface area contributed by atoms with E-state index in [9.17, 15) is 10.1 Å². The molecule has 0 bridgehead atoms. The van der Waals surface area contributed by atoms with Gasteiger partial charge in [0.05, 0.1) is 11.5 Å². The lowest BCUT2D eigenvalue weighted by molar-refractivity contribution is -0.384. The number of rotatable bonds is 7. The Balaban J connectivity index is 2.17. The molecule has 22 heavy (non-hydrogen) atoms. The monoisotopic (exact) mass is 339 g/mol. The Morgan fingerprint density at radius 1 is 1.05 bits per heavy atom. The van der Waals surface area contributed by atoms with Crippen molar-refractivity contribution in [3.8, 4) is 11.5 Å². The number of hydrogen-bond donors (Lipinski definition) is 0. The van der Waals surface area contributed by atoms with E-state index in [1.807, 2.05) is 18.2 Å². The van der Waals surface area contributed by atoms with Crippen molar-refractivity contribution in [2.24, 2.45) is 0 Å². The summed E-state index contributed by atoms with van der Waals surface area (Å²) in [5.41, 5.74) is -0.0268. The molecule has 8 heteroatoms. The van der Waals surface area contributed by atoms with E-state index in [0.717, 1.165) is 0 Å². The second-order valence-corrected chi connectivity index (χ2v) is 6.97. The van der Waals surface area contributed by atoms with E-state index in [2.05, 4.69) is 0 Å². The molecule has 0 aliphatic rings. The number of nitro benzene ring substituents is 1. The second kappa shape index (κ2) is 7.35. The minimum atomic E-state index is -3.04. The fourth-order valence-electron chi connectivity index (χ4n) is 1.60. The van der Waals surface area contributed by atoms with Gasteiger partial charge in [0.1, 0.15) is 11.5 Å². The number of nitro groups is 1. The van der Waals surface area contributed by atoms with Gasteiger partial charge in [-0.15, -0.1) is 0 Å². The lowest BCUT2D eigenvalue weighted by Crippen LogP contribution is -2.04. The molecule has 0 spiro atoms. The van der Waals surface area contributed by atoms with Crippen molar-refractivity contribution in [1.82, 2.24) is 0 Å². The van der Waals surface area contributed by atoms with Gasteiger partial charge in [0.25, 0.3) is 5.69 Å². The molecule has 116 valence electrons. The number of para-hydroxylation sites is 1. The minimum Gasteiger partial charge on any atom is -0.416 e. The van der Waals surface area contributed by atoms with Crippen LogP contribution in [0.5, 0.6) is 11.5 Å². The smallest absolute Gasteiger partial charge is 0.416 e. The second-order valence-electron chi connectivity index (χ2n) is 4.11. The van der Waals surface area contributed by atoms with E-state index >= 15 is 0 Å². The summed E-state index contributed by atoms with van der Waals surface area (Å²) in [5.74, 6) is 0.902. The number of non-ortho nitro benzene ring substituents is 1. The molecule has 0 saturated carbocycles. The van der Waals surface area contributed by atoms with Crippen LogP contribution < -0.4 is 9.05 Å². The van der Waals surface area contributed by atoms with Crippen molar-refractivity contribution in [2.75, 3.05) is 6.61 Å². The maximum absolute atomic E-state index is 10.6. The summed E-state index contributed by atoms with van der Waals surface area (Å²) in [5, 5.41) is 10.6. The highest BCUT2D eigenvalue weighted by molar-refractivity contribution is 8.07. The molecule has 2 rings (SSSR count). The Kier molecular flexibility index (Phi) is 5.49. The number of nitrogens with zero attached hydrogens (tertiary/aromatic N) is 1. The van der Waals surface area contributed by atoms with Crippen molar-refractivity contribution in [3.63, 3.8) is 0 Å². The van der Waals surface area contributed by atoms with Crippen LogP contribution in [0.15, 0.2) is 54.6 Å². The molecule has 0 amide bonds. The van der Waals surface area contributed by atoms with Crippen LogP contribution in [0.2, 0.25) is 0 Å². The van der Waals surface area contributed by atoms with E-state index in [4.69, 9.17) is 25.4 Å². The van der Waals surface area contributed by atoms with Gasteiger partial charge in [-0.1, -0.05) is 18.2 Å². The van der Waals surface area contributed by atoms with Crippen LogP contribution in [-0.2, 0) is 16.3 Å². The predicted octanol–water partition coefficient (Wildman–Crippen LogP) is 4.31. The van der Waals surface area contributed by atoms with Crippen molar-refractivity contribution in [1.29, 1.82) is 0 Å².